The van der Waals surface area contributed by atoms with Crippen molar-refractivity contribution in [3.05, 3.63) is 12.3 Å². The Kier molecular flexibility index (Phi) is 2.92. The largest absolute Gasteiger partial charge is 0.481 e. The van der Waals surface area contributed by atoms with Crippen molar-refractivity contribution in [3.63, 3.8) is 0 Å². The zero-order chi connectivity index (χ0) is 14.3. The monoisotopic (exact) mass is 279 g/mol. The number of rotatable bonds is 2. The Hall–Kier alpha value is -2.05. The van der Waals surface area contributed by atoms with Gasteiger partial charge in [0.15, 0.2) is 5.82 Å². The fourth-order valence-electron chi connectivity index (χ4n) is 3.00. The lowest BCUT2D eigenvalue weighted by Gasteiger charge is -2.33. The molecule has 7 heteroatoms. The van der Waals surface area contributed by atoms with Crippen LogP contribution in [0.5, 0.6) is 0 Å². The molecule has 0 bridgehead atoms. The molecule has 1 aromatic rings. The van der Waals surface area contributed by atoms with Crippen molar-refractivity contribution in [2.75, 3.05) is 11.4 Å². The Morgan fingerprint density at radius 3 is 2.75 bits per heavy atom. The van der Waals surface area contributed by atoms with Crippen LogP contribution in [0.25, 0.3) is 0 Å². The van der Waals surface area contributed by atoms with Gasteiger partial charge in [0.1, 0.15) is 5.60 Å². The SMILES string of the molecule is Cn1ccc(N2C[C@]3(CC[C@@H](C(=O)O)CC3)OC2=O)n1. The number of aliphatic carboxylic acids is 1. The van der Waals surface area contributed by atoms with Crippen molar-refractivity contribution in [2.45, 2.75) is 31.3 Å². The average molecular weight is 279 g/mol. The predicted octanol–water partition coefficient (Wildman–Crippen LogP) is 1.39. The summed E-state index contributed by atoms with van der Waals surface area (Å²) < 4.78 is 7.17. The minimum atomic E-state index is -0.759. The normalized spacial score (nSPS) is 29.8. The van der Waals surface area contributed by atoms with E-state index in [9.17, 15) is 9.59 Å². The first-order chi connectivity index (χ1) is 9.49. The number of hydrogen-bond acceptors (Lipinski definition) is 4. The van der Waals surface area contributed by atoms with E-state index in [1.807, 2.05) is 0 Å². The van der Waals surface area contributed by atoms with Gasteiger partial charge in [-0.25, -0.2) is 4.79 Å². The molecule has 1 amide bonds. The smallest absolute Gasteiger partial charge is 0.416 e. The number of carbonyl (C=O) groups is 2. The van der Waals surface area contributed by atoms with Crippen LogP contribution >= 0.6 is 0 Å². The maximum atomic E-state index is 12.0. The first-order valence-corrected chi connectivity index (χ1v) is 6.72. The Balaban J connectivity index is 1.72. The minimum absolute atomic E-state index is 0.316. The van der Waals surface area contributed by atoms with Crippen LogP contribution < -0.4 is 4.90 Å². The van der Waals surface area contributed by atoms with Crippen LogP contribution in [-0.4, -0.2) is 39.1 Å². The summed E-state index contributed by atoms with van der Waals surface area (Å²) >= 11 is 0. The highest BCUT2D eigenvalue weighted by Crippen LogP contribution is 2.40. The van der Waals surface area contributed by atoms with Gasteiger partial charge in [0.25, 0.3) is 0 Å². The van der Waals surface area contributed by atoms with Crippen LogP contribution in [0.3, 0.4) is 0 Å². The third-order valence-corrected chi connectivity index (χ3v) is 4.19. The first kappa shape index (κ1) is 13.0. The Bertz CT molecular complexity index is 546. The van der Waals surface area contributed by atoms with E-state index in [0.717, 1.165) is 0 Å². The highest BCUT2D eigenvalue weighted by atomic mass is 16.6. The molecule has 108 valence electrons. The number of carboxylic acid groups (broad SMARTS) is 1. The lowest BCUT2D eigenvalue weighted by molar-refractivity contribution is -0.144. The fraction of sp³-hybridized carbons (Fsp3) is 0.615. The average Bonchev–Trinajstić information content (AvgIpc) is 2.95. The zero-order valence-corrected chi connectivity index (χ0v) is 11.3. The van der Waals surface area contributed by atoms with E-state index < -0.39 is 17.7 Å². The van der Waals surface area contributed by atoms with Gasteiger partial charge in [0.05, 0.1) is 12.5 Å². The van der Waals surface area contributed by atoms with Crippen LogP contribution in [-0.2, 0) is 16.6 Å². The number of nitrogens with zero attached hydrogens (tertiary/aromatic N) is 3. The molecule has 20 heavy (non-hydrogen) atoms. The van der Waals surface area contributed by atoms with Crippen molar-refractivity contribution in [3.8, 4) is 0 Å². The summed E-state index contributed by atoms with van der Waals surface area (Å²) in [7, 11) is 1.79. The highest BCUT2D eigenvalue weighted by Gasteiger charge is 2.49. The van der Waals surface area contributed by atoms with Gasteiger partial charge in [-0.3, -0.25) is 14.4 Å². The topological polar surface area (TPSA) is 84.7 Å². The number of amides is 1. The van der Waals surface area contributed by atoms with Gasteiger partial charge >= 0.3 is 12.1 Å². The molecule has 1 spiro atoms. The summed E-state index contributed by atoms with van der Waals surface area (Å²) in [5.74, 6) is -0.497. The highest BCUT2D eigenvalue weighted by molar-refractivity contribution is 5.89. The number of hydrogen-bond donors (Lipinski definition) is 1. The zero-order valence-electron chi connectivity index (χ0n) is 11.3. The molecule has 1 aromatic heterocycles. The van der Waals surface area contributed by atoms with Gasteiger partial charge in [-0.2, -0.15) is 5.10 Å². The first-order valence-electron chi connectivity index (χ1n) is 6.72. The van der Waals surface area contributed by atoms with Gasteiger partial charge in [-0.15, -0.1) is 0 Å². The second-order valence-corrected chi connectivity index (χ2v) is 5.60. The molecular weight excluding hydrogens is 262 g/mol. The number of carboxylic acids is 1. The molecule has 2 fully saturated rings. The van der Waals surface area contributed by atoms with Crippen LogP contribution in [0.2, 0.25) is 0 Å². The summed E-state index contributed by atoms with van der Waals surface area (Å²) in [6, 6.07) is 1.77. The second kappa shape index (κ2) is 4.50. The van der Waals surface area contributed by atoms with Crippen molar-refractivity contribution in [1.29, 1.82) is 0 Å². The molecule has 1 N–H and O–H groups in total. The summed E-state index contributed by atoms with van der Waals surface area (Å²) in [6.07, 6.45) is 3.68. The van der Waals surface area contributed by atoms with E-state index in [2.05, 4.69) is 5.10 Å². The van der Waals surface area contributed by atoms with Crippen LogP contribution in [0.1, 0.15) is 25.7 Å². The van der Waals surface area contributed by atoms with E-state index in [1.54, 1.807) is 24.0 Å². The Labute approximate surface area is 116 Å². The third kappa shape index (κ3) is 2.13. The summed E-state index contributed by atoms with van der Waals surface area (Å²) in [4.78, 5) is 24.5. The van der Waals surface area contributed by atoms with Gasteiger partial charge in [-0.05, 0) is 25.7 Å². The second-order valence-electron chi connectivity index (χ2n) is 5.60. The summed E-state index contributed by atoms with van der Waals surface area (Å²) in [5.41, 5.74) is -0.541. The molecular formula is C13H17N3O4. The van der Waals surface area contributed by atoms with Gasteiger partial charge in [0, 0.05) is 19.3 Å². The molecule has 0 aromatic carbocycles. The van der Waals surface area contributed by atoms with Crippen molar-refractivity contribution < 1.29 is 19.4 Å². The van der Waals surface area contributed by atoms with Crippen LogP contribution in [0.4, 0.5) is 10.6 Å². The molecule has 2 heterocycles. The molecule has 2 aliphatic rings. The molecule has 1 aliphatic heterocycles. The lowest BCUT2D eigenvalue weighted by atomic mass is 9.79. The lowest BCUT2D eigenvalue weighted by Crippen LogP contribution is -2.40. The number of aromatic nitrogens is 2. The van der Waals surface area contributed by atoms with Crippen molar-refractivity contribution in [2.24, 2.45) is 13.0 Å². The number of carbonyl (C=O) groups excluding carboxylic acids is 1. The van der Waals surface area contributed by atoms with Gasteiger partial charge in [-0.1, -0.05) is 0 Å². The fourth-order valence-corrected chi connectivity index (χ4v) is 3.00. The van der Waals surface area contributed by atoms with E-state index >= 15 is 0 Å². The maximum Gasteiger partial charge on any atom is 0.416 e. The van der Waals surface area contributed by atoms with E-state index in [-0.39, 0.29) is 5.92 Å². The van der Waals surface area contributed by atoms with E-state index in [4.69, 9.17) is 9.84 Å². The quantitative estimate of drug-likeness (QED) is 0.884. The third-order valence-electron chi connectivity index (χ3n) is 4.19. The molecule has 7 nitrogen and oxygen atoms in total. The summed E-state index contributed by atoms with van der Waals surface area (Å²) in [6.45, 7) is 0.454. The van der Waals surface area contributed by atoms with Gasteiger partial charge < -0.3 is 9.84 Å². The van der Waals surface area contributed by atoms with Crippen LogP contribution in [0.15, 0.2) is 12.3 Å². The molecule has 0 atom stereocenters. The van der Waals surface area contributed by atoms with Crippen molar-refractivity contribution >= 4 is 17.9 Å². The molecule has 1 saturated heterocycles. The van der Waals surface area contributed by atoms with E-state index in [0.29, 0.717) is 38.0 Å². The van der Waals surface area contributed by atoms with E-state index in [1.165, 1.54) is 4.90 Å². The molecule has 3 rings (SSSR count). The van der Waals surface area contributed by atoms with Crippen molar-refractivity contribution in [1.82, 2.24) is 9.78 Å². The molecule has 0 unspecified atom stereocenters. The number of aryl methyl sites for hydroxylation is 1. The predicted molar refractivity (Wildman–Crippen MR) is 69.4 cm³/mol. The maximum absolute atomic E-state index is 12.0. The molecule has 1 aliphatic carbocycles. The summed E-state index contributed by atoms with van der Waals surface area (Å²) in [5, 5.41) is 13.2. The Morgan fingerprint density at radius 2 is 2.20 bits per heavy atom. The standard InChI is InChI=1S/C13H17N3O4/c1-15-7-4-10(14-15)16-8-13(20-12(16)19)5-2-9(3-6-13)11(17)18/h4,7,9H,2-3,5-6,8H2,1H3,(H,17,18)/t9-,13-. The molecule has 0 radical (unpaired) electrons. The van der Waals surface area contributed by atoms with Crippen LogP contribution in [0, 0.1) is 5.92 Å². The Morgan fingerprint density at radius 1 is 1.50 bits per heavy atom. The number of ether oxygens (including phenoxy) is 1. The minimum Gasteiger partial charge on any atom is -0.481 e. The number of anilines is 1. The molecule has 1 saturated carbocycles. The van der Waals surface area contributed by atoms with Gasteiger partial charge in [0.2, 0.25) is 0 Å².